The molecular weight excluding hydrogens is 278 g/mol. The Kier molecular flexibility index (Phi) is 2.88. The minimum absolute atomic E-state index is 0.153. The molecule has 4 heteroatoms. The van der Waals surface area contributed by atoms with E-state index < -0.39 is 0 Å². The summed E-state index contributed by atoms with van der Waals surface area (Å²) >= 11 is 1.80. The molecule has 2 aromatic rings. The Bertz CT molecular complexity index is 664. The molecule has 1 aliphatic carbocycles. The normalized spacial score (nSPS) is 23.0. The maximum Gasteiger partial charge on any atom is 0.186 e. The highest BCUT2D eigenvalue weighted by Crippen LogP contribution is 2.44. The van der Waals surface area contributed by atoms with Gasteiger partial charge in [-0.2, -0.15) is 0 Å². The molecule has 1 aromatic carbocycles. The number of thiazole rings is 1. The van der Waals surface area contributed by atoms with E-state index in [0.29, 0.717) is 0 Å². The van der Waals surface area contributed by atoms with Crippen LogP contribution in [0.15, 0.2) is 24.3 Å². The molecular formula is C17H21N3S. The molecule has 0 saturated carbocycles. The molecule has 1 unspecified atom stereocenters. The van der Waals surface area contributed by atoms with Crippen molar-refractivity contribution in [1.82, 2.24) is 4.98 Å². The zero-order chi connectivity index (χ0) is 14.6. The van der Waals surface area contributed by atoms with Crippen molar-refractivity contribution in [3.05, 3.63) is 46.0 Å². The van der Waals surface area contributed by atoms with Crippen molar-refractivity contribution in [2.75, 3.05) is 4.90 Å². The molecule has 0 radical (unpaired) electrons. The summed E-state index contributed by atoms with van der Waals surface area (Å²) in [6.45, 7) is 6.53. The highest BCUT2D eigenvalue weighted by Gasteiger charge is 2.34. The van der Waals surface area contributed by atoms with Crippen molar-refractivity contribution in [3.8, 4) is 0 Å². The molecule has 21 heavy (non-hydrogen) atoms. The minimum atomic E-state index is 0.153. The van der Waals surface area contributed by atoms with Crippen LogP contribution in [0.5, 0.6) is 0 Å². The molecule has 110 valence electrons. The van der Waals surface area contributed by atoms with Gasteiger partial charge in [-0.3, -0.25) is 0 Å². The Morgan fingerprint density at radius 2 is 1.90 bits per heavy atom. The summed E-state index contributed by atoms with van der Waals surface area (Å²) in [5, 5.41) is 1.14. The van der Waals surface area contributed by atoms with E-state index in [1.54, 1.807) is 11.3 Å². The average Bonchev–Trinajstić information content (AvgIpc) is 2.99. The number of benzene rings is 1. The molecule has 4 rings (SSSR count). The van der Waals surface area contributed by atoms with Gasteiger partial charge in [-0.05, 0) is 29.4 Å². The molecule has 0 saturated heterocycles. The van der Waals surface area contributed by atoms with Crippen molar-refractivity contribution >= 4 is 16.5 Å². The van der Waals surface area contributed by atoms with Crippen LogP contribution in [-0.2, 0) is 19.5 Å². The van der Waals surface area contributed by atoms with Gasteiger partial charge < -0.3 is 10.6 Å². The third-order valence-electron chi connectivity index (χ3n) is 4.58. The van der Waals surface area contributed by atoms with E-state index in [1.165, 1.54) is 21.7 Å². The Labute approximate surface area is 129 Å². The predicted octanol–water partition coefficient (Wildman–Crippen LogP) is 3.64. The van der Waals surface area contributed by atoms with Crippen molar-refractivity contribution in [3.63, 3.8) is 0 Å². The van der Waals surface area contributed by atoms with Gasteiger partial charge in [-0.25, -0.2) is 4.98 Å². The van der Waals surface area contributed by atoms with Crippen LogP contribution in [0, 0.1) is 5.41 Å². The molecule has 0 amide bonds. The Morgan fingerprint density at radius 3 is 2.57 bits per heavy atom. The third kappa shape index (κ3) is 2.27. The highest BCUT2D eigenvalue weighted by atomic mass is 32.1. The monoisotopic (exact) mass is 299 g/mol. The highest BCUT2D eigenvalue weighted by molar-refractivity contribution is 7.15. The molecule has 1 atom stereocenters. The topological polar surface area (TPSA) is 42.2 Å². The van der Waals surface area contributed by atoms with Crippen molar-refractivity contribution < 1.29 is 0 Å². The van der Waals surface area contributed by atoms with Gasteiger partial charge in [0.1, 0.15) is 0 Å². The molecule has 0 fully saturated rings. The first-order valence-electron chi connectivity index (χ1n) is 7.59. The summed E-state index contributed by atoms with van der Waals surface area (Å²) in [6.07, 6.45) is 2.11. The summed E-state index contributed by atoms with van der Waals surface area (Å²) in [4.78, 5) is 8.61. The quantitative estimate of drug-likeness (QED) is 0.874. The van der Waals surface area contributed by atoms with E-state index in [0.717, 1.165) is 31.1 Å². The first kappa shape index (κ1) is 13.3. The number of nitrogens with zero attached hydrogens (tertiary/aromatic N) is 2. The number of hydrogen-bond acceptors (Lipinski definition) is 4. The lowest BCUT2D eigenvalue weighted by Gasteiger charge is -2.32. The van der Waals surface area contributed by atoms with Crippen LogP contribution in [0.3, 0.4) is 0 Å². The van der Waals surface area contributed by atoms with E-state index in [4.69, 9.17) is 10.7 Å². The van der Waals surface area contributed by atoms with E-state index in [-0.39, 0.29) is 11.5 Å². The summed E-state index contributed by atoms with van der Waals surface area (Å²) in [5.41, 5.74) is 10.7. The van der Waals surface area contributed by atoms with Crippen LogP contribution in [0.25, 0.3) is 0 Å². The molecule has 2 heterocycles. The number of fused-ring (bicyclic) bond motifs is 2. The molecule has 2 N–H and O–H groups in total. The molecule has 1 aliphatic heterocycles. The maximum atomic E-state index is 6.37. The zero-order valence-corrected chi connectivity index (χ0v) is 13.4. The van der Waals surface area contributed by atoms with E-state index in [9.17, 15) is 0 Å². The van der Waals surface area contributed by atoms with Crippen LogP contribution < -0.4 is 10.6 Å². The van der Waals surface area contributed by atoms with Gasteiger partial charge in [-0.15, -0.1) is 0 Å². The molecule has 3 nitrogen and oxygen atoms in total. The van der Waals surface area contributed by atoms with Gasteiger partial charge in [0.05, 0.1) is 5.69 Å². The van der Waals surface area contributed by atoms with Gasteiger partial charge in [0.15, 0.2) is 5.13 Å². The molecule has 1 aromatic heterocycles. The Morgan fingerprint density at radius 1 is 1.24 bits per heavy atom. The zero-order valence-electron chi connectivity index (χ0n) is 12.6. The number of anilines is 1. The molecule has 2 aliphatic rings. The van der Waals surface area contributed by atoms with Gasteiger partial charge >= 0.3 is 0 Å². The summed E-state index contributed by atoms with van der Waals surface area (Å²) in [6, 6.07) is 8.83. The van der Waals surface area contributed by atoms with E-state index >= 15 is 0 Å². The smallest absolute Gasteiger partial charge is 0.186 e. The van der Waals surface area contributed by atoms with Crippen LogP contribution >= 0.6 is 11.3 Å². The van der Waals surface area contributed by atoms with E-state index in [2.05, 4.69) is 43.0 Å². The van der Waals surface area contributed by atoms with Crippen LogP contribution in [0.4, 0.5) is 5.13 Å². The molecule has 0 spiro atoms. The SMILES string of the molecule is CC1(C)Cc2nc(N3Cc4ccccc4C3)sc2C(N)C1. The lowest BCUT2D eigenvalue weighted by molar-refractivity contribution is 0.282. The number of nitrogens with two attached hydrogens (primary N) is 1. The second-order valence-electron chi connectivity index (χ2n) is 7.08. The predicted molar refractivity (Wildman–Crippen MR) is 87.5 cm³/mol. The van der Waals surface area contributed by atoms with Crippen molar-refractivity contribution in [2.45, 2.75) is 45.8 Å². The summed E-state index contributed by atoms with van der Waals surface area (Å²) in [7, 11) is 0. The number of hydrogen-bond donors (Lipinski definition) is 1. The van der Waals surface area contributed by atoms with Gasteiger partial charge in [-0.1, -0.05) is 49.4 Å². The molecule has 0 bridgehead atoms. The maximum absolute atomic E-state index is 6.37. The van der Waals surface area contributed by atoms with Crippen LogP contribution in [-0.4, -0.2) is 4.98 Å². The average molecular weight is 299 g/mol. The first-order chi connectivity index (χ1) is 10.0. The van der Waals surface area contributed by atoms with Gasteiger partial charge in [0.25, 0.3) is 0 Å². The van der Waals surface area contributed by atoms with Crippen LogP contribution in [0.1, 0.15) is 48.0 Å². The second-order valence-corrected chi connectivity index (χ2v) is 8.09. The third-order valence-corrected chi connectivity index (χ3v) is 5.87. The lowest BCUT2D eigenvalue weighted by Crippen LogP contribution is -2.28. The largest absolute Gasteiger partial charge is 0.339 e. The van der Waals surface area contributed by atoms with Crippen molar-refractivity contribution in [1.29, 1.82) is 0 Å². The Hall–Kier alpha value is -1.39. The fourth-order valence-electron chi connectivity index (χ4n) is 3.58. The summed E-state index contributed by atoms with van der Waals surface area (Å²) < 4.78 is 0. The van der Waals surface area contributed by atoms with Gasteiger partial charge in [0.2, 0.25) is 0 Å². The first-order valence-corrected chi connectivity index (χ1v) is 8.40. The lowest BCUT2D eigenvalue weighted by atomic mass is 9.77. The Balaban J connectivity index is 1.65. The fraction of sp³-hybridized carbons (Fsp3) is 0.471. The minimum Gasteiger partial charge on any atom is -0.339 e. The fourth-order valence-corrected chi connectivity index (χ4v) is 4.67. The van der Waals surface area contributed by atoms with Crippen LogP contribution in [0.2, 0.25) is 0 Å². The van der Waals surface area contributed by atoms with Crippen molar-refractivity contribution in [2.24, 2.45) is 11.1 Å². The second kappa shape index (κ2) is 4.55. The van der Waals surface area contributed by atoms with E-state index in [1.807, 2.05) is 0 Å². The number of aromatic nitrogens is 1. The number of rotatable bonds is 1. The summed E-state index contributed by atoms with van der Waals surface area (Å²) in [5.74, 6) is 0. The van der Waals surface area contributed by atoms with Gasteiger partial charge in [0, 0.05) is 24.0 Å². The standard InChI is InChI=1S/C17H21N3S/c1-17(2)7-13(18)15-14(8-17)19-16(21-15)20-9-11-5-3-4-6-12(11)10-20/h3-6,13H,7-10,18H2,1-2H3.